The maximum absolute atomic E-state index is 12.6. The zero-order valence-electron chi connectivity index (χ0n) is 13.4. The Morgan fingerprint density at radius 3 is 2.77 bits per heavy atom. The summed E-state index contributed by atoms with van der Waals surface area (Å²) in [7, 11) is 0. The zero-order valence-corrected chi connectivity index (χ0v) is 15.1. The quantitative estimate of drug-likeness (QED) is 0.517. The molecule has 2 heterocycles. The van der Waals surface area contributed by atoms with E-state index in [1.54, 1.807) is 11.0 Å². The van der Waals surface area contributed by atoms with E-state index in [4.69, 9.17) is 16.6 Å². The third-order valence-electron chi connectivity index (χ3n) is 3.89. The van der Waals surface area contributed by atoms with E-state index in [1.165, 1.54) is 24.6 Å². The topological polar surface area (TPSA) is 33.5 Å². The summed E-state index contributed by atoms with van der Waals surface area (Å²) in [6.45, 7) is 7.00. The number of nitrogens with zero attached hydrogens (tertiary/aromatic N) is 1. The van der Waals surface area contributed by atoms with Gasteiger partial charge in [-0.3, -0.25) is 9.69 Å². The van der Waals surface area contributed by atoms with Gasteiger partial charge in [0.15, 0.2) is 0 Å². The van der Waals surface area contributed by atoms with Crippen molar-refractivity contribution in [2.75, 3.05) is 6.54 Å². The first-order valence-electron chi connectivity index (χ1n) is 7.87. The van der Waals surface area contributed by atoms with Crippen LogP contribution in [0, 0.1) is 12.8 Å². The molecule has 22 heavy (non-hydrogen) atoms. The Morgan fingerprint density at radius 2 is 2.18 bits per heavy atom. The first kappa shape index (κ1) is 17.3. The first-order chi connectivity index (χ1) is 10.5. The lowest BCUT2D eigenvalue weighted by Gasteiger charge is -2.21. The van der Waals surface area contributed by atoms with Gasteiger partial charge in [0.25, 0.3) is 5.91 Å². The van der Waals surface area contributed by atoms with Crippen LogP contribution in [0.4, 0.5) is 0 Å². The van der Waals surface area contributed by atoms with E-state index in [0.29, 0.717) is 20.9 Å². The van der Waals surface area contributed by atoms with Crippen LogP contribution in [0.2, 0.25) is 0 Å². The van der Waals surface area contributed by atoms with Gasteiger partial charge in [0.1, 0.15) is 15.8 Å². The van der Waals surface area contributed by atoms with Crippen LogP contribution in [-0.2, 0) is 4.79 Å². The molecule has 5 heteroatoms. The second-order valence-electron chi connectivity index (χ2n) is 5.66. The second kappa shape index (κ2) is 7.97. The summed E-state index contributed by atoms with van der Waals surface area (Å²) in [5.74, 6) is 2.08. The molecule has 3 nitrogen and oxygen atoms in total. The molecule has 1 aliphatic rings. The number of thioether (sulfide) groups is 1. The highest BCUT2D eigenvalue weighted by atomic mass is 32.2. The van der Waals surface area contributed by atoms with Crippen LogP contribution in [0.15, 0.2) is 21.5 Å². The SMILES string of the molecule is CCCC[C@@H](CC)CN1C(=O)/C(=C/c2ccc(C)o2)SC1=S. The van der Waals surface area contributed by atoms with Gasteiger partial charge in [0.2, 0.25) is 0 Å². The molecule has 1 aromatic rings. The van der Waals surface area contributed by atoms with Crippen molar-refractivity contribution in [2.45, 2.75) is 46.5 Å². The van der Waals surface area contributed by atoms with Crippen molar-refractivity contribution in [2.24, 2.45) is 5.92 Å². The predicted octanol–water partition coefficient (Wildman–Crippen LogP) is 5.01. The number of hydrogen-bond acceptors (Lipinski definition) is 4. The van der Waals surface area contributed by atoms with Crippen LogP contribution in [-0.4, -0.2) is 21.7 Å². The lowest BCUT2D eigenvalue weighted by atomic mass is 9.99. The molecule has 120 valence electrons. The number of carbonyl (C=O) groups is 1. The molecule has 0 aliphatic carbocycles. The van der Waals surface area contributed by atoms with E-state index in [9.17, 15) is 4.79 Å². The molecular formula is C17H23NO2S2. The molecule has 0 unspecified atom stereocenters. The van der Waals surface area contributed by atoms with Crippen molar-refractivity contribution in [1.29, 1.82) is 0 Å². The van der Waals surface area contributed by atoms with Crippen LogP contribution in [0.5, 0.6) is 0 Å². The Labute approximate surface area is 142 Å². The molecule has 1 amide bonds. The number of unbranched alkanes of at least 4 members (excludes halogenated alkanes) is 1. The van der Waals surface area contributed by atoms with Crippen LogP contribution in [0.3, 0.4) is 0 Å². The zero-order chi connectivity index (χ0) is 16.1. The maximum Gasteiger partial charge on any atom is 0.266 e. The minimum atomic E-state index is 0.0130. The molecule has 1 aliphatic heterocycles. The fraction of sp³-hybridized carbons (Fsp3) is 0.529. The van der Waals surface area contributed by atoms with Crippen LogP contribution >= 0.6 is 24.0 Å². The molecule has 0 saturated carbocycles. The molecule has 0 bridgehead atoms. The van der Waals surface area contributed by atoms with E-state index in [2.05, 4.69) is 13.8 Å². The number of carbonyl (C=O) groups excluding carboxylic acids is 1. The normalized spacial score (nSPS) is 18.5. The Hall–Kier alpha value is -1.07. The predicted molar refractivity (Wildman–Crippen MR) is 96.6 cm³/mol. The summed E-state index contributed by atoms with van der Waals surface area (Å²) in [5, 5.41) is 0. The Morgan fingerprint density at radius 1 is 1.41 bits per heavy atom. The van der Waals surface area contributed by atoms with Crippen molar-refractivity contribution in [1.82, 2.24) is 4.90 Å². The van der Waals surface area contributed by atoms with Crippen LogP contribution in [0.1, 0.15) is 51.1 Å². The lowest BCUT2D eigenvalue weighted by Crippen LogP contribution is -2.33. The van der Waals surface area contributed by atoms with Gasteiger partial charge in [-0.1, -0.05) is 57.1 Å². The summed E-state index contributed by atoms with van der Waals surface area (Å²) in [6, 6.07) is 3.77. The molecule has 1 atom stereocenters. The smallest absolute Gasteiger partial charge is 0.266 e. The Kier molecular flexibility index (Phi) is 6.26. The highest BCUT2D eigenvalue weighted by molar-refractivity contribution is 8.26. The van der Waals surface area contributed by atoms with Gasteiger partial charge in [-0.15, -0.1) is 0 Å². The Balaban J connectivity index is 2.06. The third-order valence-corrected chi connectivity index (χ3v) is 5.27. The number of thiocarbonyl (C=S) groups is 1. The minimum absolute atomic E-state index is 0.0130. The van der Waals surface area contributed by atoms with Crippen molar-refractivity contribution in [3.05, 3.63) is 28.6 Å². The molecular weight excluding hydrogens is 314 g/mol. The number of furan rings is 1. The number of hydrogen-bond donors (Lipinski definition) is 0. The largest absolute Gasteiger partial charge is 0.462 e. The average Bonchev–Trinajstić information content (AvgIpc) is 3.01. The van der Waals surface area contributed by atoms with E-state index in [0.717, 1.165) is 25.1 Å². The van der Waals surface area contributed by atoms with E-state index < -0.39 is 0 Å². The summed E-state index contributed by atoms with van der Waals surface area (Å²) in [6.07, 6.45) is 6.41. The monoisotopic (exact) mass is 337 g/mol. The summed E-state index contributed by atoms with van der Waals surface area (Å²) in [4.78, 5) is 15.0. The van der Waals surface area contributed by atoms with Gasteiger partial charge in [-0.2, -0.15) is 0 Å². The van der Waals surface area contributed by atoms with Crippen molar-refractivity contribution < 1.29 is 9.21 Å². The van der Waals surface area contributed by atoms with Gasteiger partial charge in [0, 0.05) is 12.6 Å². The minimum Gasteiger partial charge on any atom is -0.462 e. The standard InChI is InChI=1S/C17H23NO2S2/c1-4-6-7-13(5-2)11-18-16(19)15(22-17(18)21)10-14-9-8-12(3)20-14/h8-10,13H,4-7,11H2,1-3H3/b15-10-/t13-/m1/s1. The van der Waals surface area contributed by atoms with E-state index >= 15 is 0 Å². The molecule has 0 N–H and O–H groups in total. The molecule has 1 saturated heterocycles. The summed E-state index contributed by atoms with van der Waals surface area (Å²) in [5.41, 5.74) is 0. The fourth-order valence-corrected chi connectivity index (χ4v) is 3.75. The molecule has 2 rings (SSSR count). The molecule has 0 aromatic carbocycles. The van der Waals surface area contributed by atoms with Gasteiger partial charge in [0.05, 0.1) is 4.91 Å². The molecule has 0 radical (unpaired) electrons. The fourth-order valence-electron chi connectivity index (χ4n) is 2.49. The third kappa shape index (κ3) is 4.23. The lowest BCUT2D eigenvalue weighted by molar-refractivity contribution is -0.122. The van der Waals surface area contributed by atoms with Crippen molar-refractivity contribution in [3.63, 3.8) is 0 Å². The van der Waals surface area contributed by atoms with Crippen molar-refractivity contribution >= 4 is 40.3 Å². The van der Waals surface area contributed by atoms with Crippen LogP contribution in [0.25, 0.3) is 6.08 Å². The second-order valence-corrected chi connectivity index (χ2v) is 7.33. The Bertz CT molecular complexity index is 577. The summed E-state index contributed by atoms with van der Waals surface area (Å²) >= 11 is 6.76. The van der Waals surface area contributed by atoms with Gasteiger partial charge in [-0.25, -0.2) is 0 Å². The number of amides is 1. The highest BCUT2D eigenvalue weighted by Crippen LogP contribution is 2.34. The molecule has 1 aromatic heterocycles. The average molecular weight is 338 g/mol. The highest BCUT2D eigenvalue weighted by Gasteiger charge is 2.33. The summed E-state index contributed by atoms with van der Waals surface area (Å²) < 4.78 is 6.18. The van der Waals surface area contributed by atoms with E-state index in [-0.39, 0.29) is 5.91 Å². The van der Waals surface area contributed by atoms with Crippen LogP contribution < -0.4 is 0 Å². The van der Waals surface area contributed by atoms with Gasteiger partial charge in [-0.05, 0) is 31.4 Å². The van der Waals surface area contributed by atoms with Crippen molar-refractivity contribution in [3.8, 4) is 0 Å². The maximum atomic E-state index is 12.6. The van der Waals surface area contributed by atoms with Gasteiger partial charge < -0.3 is 4.42 Å². The molecule has 1 fully saturated rings. The van der Waals surface area contributed by atoms with Gasteiger partial charge >= 0.3 is 0 Å². The number of aryl methyl sites for hydroxylation is 1. The first-order valence-corrected chi connectivity index (χ1v) is 9.09. The van der Waals surface area contributed by atoms with E-state index in [1.807, 2.05) is 19.1 Å². The molecule has 0 spiro atoms. The number of rotatable bonds is 7.